The van der Waals surface area contributed by atoms with Crippen molar-refractivity contribution in [3.05, 3.63) is 23.8 Å². The molecule has 1 aromatic rings. The first-order valence-corrected chi connectivity index (χ1v) is 30.6. The van der Waals surface area contributed by atoms with Gasteiger partial charge in [0, 0.05) is 0 Å². The third kappa shape index (κ3) is 5.21. The minimum atomic E-state index is -1.45. The Morgan fingerprint density at radius 1 is 0.434 bits per heavy atom. The fraction of sp³-hybridized carbons (Fsp3) is 0.880. The lowest BCUT2D eigenvalue weighted by atomic mass is 9.55. The zero-order valence-corrected chi connectivity index (χ0v) is 37.0. The lowest BCUT2D eigenvalue weighted by Gasteiger charge is -2.68. The quantitative estimate of drug-likeness (QED) is 0.183. The van der Waals surface area contributed by atoms with E-state index in [-0.39, 0.29) is 15.8 Å². The van der Waals surface area contributed by atoms with Gasteiger partial charge in [-0.25, -0.2) is 0 Å². The Morgan fingerprint density at radius 2 is 0.717 bits per heavy atom. The molecule has 0 amide bonds. The van der Waals surface area contributed by atoms with Gasteiger partial charge in [-0.05, 0) is 263 Å². The Hall–Kier alpha value is 0.297. The van der Waals surface area contributed by atoms with Gasteiger partial charge < -0.3 is 0 Å². The second-order valence-electron chi connectivity index (χ2n) is 25.6. The maximum atomic E-state index is 3.11. The van der Waals surface area contributed by atoms with E-state index in [1.165, 1.54) is 0 Å². The molecular weight excluding hydrogens is 691 g/mol. The smallest absolute Gasteiger partial charge is 0.0776 e. The highest BCUT2D eigenvalue weighted by Gasteiger charge is 2.65. The highest BCUT2D eigenvalue weighted by Crippen LogP contribution is 2.82. The minimum Gasteiger partial charge on any atom is -0.0894 e. The molecule has 0 spiro atoms. The molecule has 288 valence electrons. The Morgan fingerprint density at radius 3 is 1.00 bits per heavy atom. The summed E-state index contributed by atoms with van der Waals surface area (Å²) in [5.74, 6) is 13.1. The Labute approximate surface area is 328 Å². The molecule has 16 aliphatic carbocycles. The van der Waals surface area contributed by atoms with Gasteiger partial charge in [0.05, 0.1) is 8.07 Å². The molecule has 16 saturated carbocycles. The van der Waals surface area contributed by atoms with Crippen molar-refractivity contribution in [1.29, 1.82) is 0 Å². The molecule has 0 atom stereocenters. The van der Waals surface area contributed by atoms with E-state index in [0.29, 0.717) is 10.3 Å². The van der Waals surface area contributed by atoms with E-state index >= 15 is 0 Å². The summed E-state index contributed by atoms with van der Waals surface area (Å²) < 4.78 is 0. The van der Waals surface area contributed by atoms with Crippen molar-refractivity contribution in [3.8, 4) is 0 Å². The molecule has 0 radical (unpaired) electrons. The summed E-state index contributed by atoms with van der Waals surface area (Å²) in [7, 11) is -1.61. The molecule has 16 fully saturated rings. The largest absolute Gasteiger partial charge is 0.0894 e. The molecule has 16 bridgehead atoms. The summed E-state index contributed by atoms with van der Waals surface area (Å²) in [6, 6.07) is 8.86. The Balaban J connectivity index is 0.994. The Kier molecular flexibility index (Phi) is 7.43. The molecule has 0 unspecified atom stereocenters. The van der Waals surface area contributed by atoms with Crippen molar-refractivity contribution in [2.24, 2.45) is 71.0 Å². The van der Waals surface area contributed by atoms with Crippen LogP contribution in [0.3, 0.4) is 0 Å². The van der Waals surface area contributed by atoms with Crippen molar-refractivity contribution < 1.29 is 0 Å². The van der Waals surface area contributed by atoms with Crippen LogP contribution in [-0.2, 0) is 6.16 Å². The van der Waals surface area contributed by atoms with Gasteiger partial charge in [-0.3, -0.25) is 0 Å². The van der Waals surface area contributed by atoms with Crippen LogP contribution in [0.2, 0.25) is 19.6 Å². The zero-order valence-electron chi connectivity index (χ0n) is 34.2. The van der Waals surface area contributed by atoms with Gasteiger partial charge >= 0.3 is 0 Å². The SMILES string of the molecule is C[Si](C)(C)c1ccc(CP(C23CC4CC(CC(C4)C2)C3)C23CC4CC(CC(C4)C2)C3)c(P(C23CC4CC(CC(C4)C2)C3)C23CC4CC(CC(C4)C2)C3)c1. The molecule has 0 aromatic heterocycles. The van der Waals surface area contributed by atoms with Crippen LogP contribution in [0.15, 0.2) is 18.2 Å². The van der Waals surface area contributed by atoms with Crippen molar-refractivity contribution in [2.75, 3.05) is 0 Å². The first-order valence-electron chi connectivity index (χ1n) is 24.2. The van der Waals surface area contributed by atoms with Crippen molar-refractivity contribution >= 4 is 34.4 Å². The normalized spacial score (nSPS) is 54.6. The molecule has 0 aliphatic heterocycles. The first-order chi connectivity index (χ1) is 25.5. The van der Waals surface area contributed by atoms with E-state index in [9.17, 15) is 0 Å². The van der Waals surface area contributed by atoms with Crippen LogP contribution in [0, 0.1) is 71.0 Å². The summed E-state index contributed by atoms with van der Waals surface area (Å²) in [5.41, 5.74) is 2.03. The molecule has 17 rings (SSSR count). The fourth-order valence-corrected chi connectivity index (χ4v) is 32.8. The lowest BCUT2D eigenvalue weighted by molar-refractivity contribution is 0.0184. The predicted molar refractivity (Wildman–Crippen MR) is 230 cm³/mol. The molecule has 0 N–H and O–H groups in total. The van der Waals surface area contributed by atoms with Crippen LogP contribution in [0.4, 0.5) is 0 Å². The van der Waals surface area contributed by atoms with E-state index in [2.05, 4.69) is 43.1 Å². The fourth-order valence-electron chi connectivity index (χ4n) is 20.9. The van der Waals surface area contributed by atoms with Gasteiger partial charge in [0.2, 0.25) is 0 Å². The predicted octanol–water partition coefficient (Wildman–Crippen LogP) is 13.2. The zero-order chi connectivity index (χ0) is 35.1. The monoisotopic (exact) mass is 765 g/mol. The van der Waals surface area contributed by atoms with Gasteiger partial charge in [-0.1, -0.05) is 58.9 Å². The summed E-state index contributed by atoms with van der Waals surface area (Å²) in [6.07, 6.45) is 41.0. The molecule has 53 heavy (non-hydrogen) atoms. The topological polar surface area (TPSA) is 0 Å². The highest BCUT2D eigenvalue weighted by atomic mass is 31.1. The molecular formula is C50H74P2Si. The van der Waals surface area contributed by atoms with Gasteiger partial charge in [-0.2, -0.15) is 0 Å². The number of rotatable bonds is 8. The van der Waals surface area contributed by atoms with E-state index in [1.807, 2.05) is 10.8 Å². The van der Waals surface area contributed by atoms with Crippen molar-refractivity contribution in [2.45, 2.75) is 201 Å². The van der Waals surface area contributed by atoms with E-state index < -0.39 is 8.07 Å². The van der Waals surface area contributed by atoms with E-state index in [4.69, 9.17) is 0 Å². The molecule has 0 saturated heterocycles. The van der Waals surface area contributed by atoms with Crippen LogP contribution in [-0.4, -0.2) is 28.7 Å². The summed E-state index contributed by atoms with van der Waals surface area (Å²) in [5, 5.41) is 6.83. The summed E-state index contributed by atoms with van der Waals surface area (Å²) in [6.45, 7) is 8.09. The third-order valence-corrected chi connectivity index (χ3v) is 30.6. The second kappa shape index (κ2) is 11.5. The molecule has 0 nitrogen and oxygen atoms in total. The molecule has 1 aromatic carbocycles. The second-order valence-corrected chi connectivity index (χ2v) is 36.8. The average Bonchev–Trinajstić information content (AvgIpc) is 3.04. The number of hydrogen-bond acceptors (Lipinski definition) is 0. The third-order valence-electron chi connectivity index (χ3n) is 20.6. The van der Waals surface area contributed by atoms with Gasteiger partial charge in [0.1, 0.15) is 0 Å². The van der Waals surface area contributed by atoms with Crippen LogP contribution in [0.1, 0.15) is 160 Å². The molecule has 3 heteroatoms. The maximum absolute atomic E-state index is 3.11. The van der Waals surface area contributed by atoms with Gasteiger partial charge in [0.15, 0.2) is 0 Å². The number of benzene rings is 1. The van der Waals surface area contributed by atoms with Crippen LogP contribution < -0.4 is 10.5 Å². The number of hydrogen-bond donors (Lipinski definition) is 0. The van der Waals surface area contributed by atoms with Crippen LogP contribution in [0.25, 0.3) is 0 Å². The van der Waals surface area contributed by atoms with E-state index in [0.717, 1.165) is 81.3 Å². The van der Waals surface area contributed by atoms with Crippen molar-refractivity contribution in [3.63, 3.8) is 0 Å². The standard InChI is InChI=1S/C50H74P2Si/c1-53(2,3)45-5-4-44(31-51(47-19-32-6-33(20-47)8-34(7-32)21-47)48-22-35-9-36(23-48)11-37(10-35)24-48)46(18-45)52(49-25-38-12-39(26-49)14-40(13-38)27-49)50-28-41-15-42(29-50)17-43(16-41)30-50/h4-5,18,32-43H,6-17,19-31H2,1-3H3. The lowest BCUT2D eigenvalue weighted by Crippen LogP contribution is -2.58. The Bertz CT molecular complexity index is 1430. The minimum absolute atomic E-state index is 0.00849. The first kappa shape index (κ1) is 34.2. The molecule has 0 heterocycles. The maximum Gasteiger partial charge on any atom is 0.0776 e. The highest BCUT2D eigenvalue weighted by molar-refractivity contribution is 7.69. The van der Waals surface area contributed by atoms with Gasteiger partial charge in [-0.15, -0.1) is 0 Å². The van der Waals surface area contributed by atoms with Crippen LogP contribution in [0.5, 0.6) is 0 Å². The van der Waals surface area contributed by atoms with Crippen molar-refractivity contribution in [1.82, 2.24) is 0 Å². The van der Waals surface area contributed by atoms with Crippen LogP contribution >= 0.6 is 15.8 Å². The van der Waals surface area contributed by atoms with E-state index in [1.54, 1.807) is 160 Å². The van der Waals surface area contributed by atoms with Gasteiger partial charge in [0.25, 0.3) is 0 Å². The average molecular weight is 765 g/mol. The summed E-state index contributed by atoms with van der Waals surface area (Å²) >= 11 is 0. The molecule has 16 aliphatic rings. The summed E-state index contributed by atoms with van der Waals surface area (Å²) in [4.78, 5) is 0.